The van der Waals surface area contributed by atoms with Crippen LogP contribution in [0.25, 0.3) is 0 Å². The van der Waals surface area contributed by atoms with Gasteiger partial charge in [0.2, 0.25) is 5.91 Å². The van der Waals surface area contributed by atoms with Gasteiger partial charge in [0.1, 0.15) is 4.90 Å². The fraction of sp³-hybridized carbons (Fsp3) is 0.278. The standard InChI is InChI=1S/C18H19BrN2O3S2/c1-11-7-13-8-14(19)9-17(18(13)21(11)12(2)22)26(23,24)20-15-5-4-6-16(10-15)25-3/h4-6,8-11,20H,7H2,1-3H3/t11-/m1/s1. The first-order chi connectivity index (χ1) is 12.2. The first-order valence-corrected chi connectivity index (χ1v) is 11.5. The number of thioether (sulfide) groups is 1. The van der Waals surface area contributed by atoms with Crippen molar-refractivity contribution in [1.29, 1.82) is 0 Å². The molecule has 1 aliphatic heterocycles. The maximum absolute atomic E-state index is 13.1. The van der Waals surface area contributed by atoms with Crippen molar-refractivity contribution in [3.05, 3.63) is 46.4 Å². The molecule has 0 fully saturated rings. The van der Waals surface area contributed by atoms with Crippen molar-refractivity contribution in [3.63, 3.8) is 0 Å². The summed E-state index contributed by atoms with van der Waals surface area (Å²) in [5.41, 5.74) is 1.81. The molecule has 2 aromatic rings. The summed E-state index contributed by atoms with van der Waals surface area (Å²) in [6.07, 6.45) is 2.56. The van der Waals surface area contributed by atoms with E-state index in [4.69, 9.17) is 0 Å². The number of amides is 1. The second-order valence-corrected chi connectivity index (χ2v) is 9.64. The Labute approximate surface area is 166 Å². The van der Waals surface area contributed by atoms with E-state index in [0.717, 1.165) is 10.5 Å². The van der Waals surface area contributed by atoms with E-state index >= 15 is 0 Å². The second kappa shape index (κ2) is 7.25. The maximum Gasteiger partial charge on any atom is 0.264 e. The number of rotatable bonds is 4. The minimum absolute atomic E-state index is 0.0782. The van der Waals surface area contributed by atoms with Crippen LogP contribution in [0.3, 0.4) is 0 Å². The smallest absolute Gasteiger partial charge is 0.264 e. The Balaban J connectivity index is 2.10. The zero-order chi connectivity index (χ0) is 19.1. The Bertz CT molecular complexity index is 976. The normalized spacial score (nSPS) is 16.5. The van der Waals surface area contributed by atoms with Crippen LogP contribution in [-0.2, 0) is 21.2 Å². The Kier molecular flexibility index (Phi) is 5.37. The van der Waals surface area contributed by atoms with Crippen LogP contribution in [0.2, 0.25) is 0 Å². The summed E-state index contributed by atoms with van der Waals surface area (Å²) < 4.78 is 29.5. The molecule has 1 atom stereocenters. The molecule has 0 saturated carbocycles. The molecule has 3 rings (SSSR count). The Morgan fingerprint density at radius 1 is 1.31 bits per heavy atom. The Hall–Kier alpha value is -1.51. The zero-order valence-electron chi connectivity index (χ0n) is 14.6. The van der Waals surface area contributed by atoms with Crippen LogP contribution in [0.4, 0.5) is 11.4 Å². The third kappa shape index (κ3) is 3.63. The van der Waals surface area contributed by atoms with Crippen molar-refractivity contribution in [3.8, 4) is 0 Å². The van der Waals surface area contributed by atoms with Crippen LogP contribution in [0.15, 0.2) is 50.7 Å². The van der Waals surface area contributed by atoms with Gasteiger partial charge in [-0.3, -0.25) is 9.52 Å². The molecule has 0 saturated heterocycles. The number of carbonyl (C=O) groups excluding carboxylic acids is 1. The summed E-state index contributed by atoms with van der Waals surface area (Å²) in [6, 6.07) is 10.6. The van der Waals surface area contributed by atoms with Crippen molar-refractivity contribution in [2.45, 2.75) is 36.1 Å². The number of hydrogen-bond acceptors (Lipinski definition) is 4. The van der Waals surface area contributed by atoms with Crippen LogP contribution in [0.5, 0.6) is 0 Å². The number of nitrogens with one attached hydrogen (secondary N) is 1. The monoisotopic (exact) mass is 454 g/mol. The molecule has 0 radical (unpaired) electrons. The molecule has 5 nitrogen and oxygen atoms in total. The van der Waals surface area contributed by atoms with Crippen LogP contribution in [-0.4, -0.2) is 26.6 Å². The second-order valence-electron chi connectivity index (χ2n) is 6.19. The van der Waals surface area contributed by atoms with Gasteiger partial charge in [0.25, 0.3) is 10.0 Å². The minimum Gasteiger partial charge on any atom is -0.308 e. The summed E-state index contributed by atoms with van der Waals surface area (Å²) in [4.78, 5) is 14.8. The number of benzene rings is 2. The molecular weight excluding hydrogens is 436 g/mol. The molecule has 1 amide bonds. The van der Waals surface area contributed by atoms with E-state index in [1.165, 1.54) is 18.7 Å². The predicted octanol–water partition coefficient (Wildman–Crippen LogP) is 4.27. The summed E-state index contributed by atoms with van der Waals surface area (Å²) in [6.45, 7) is 3.38. The van der Waals surface area contributed by atoms with E-state index in [2.05, 4.69) is 20.7 Å². The lowest BCUT2D eigenvalue weighted by Crippen LogP contribution is -2.34. The first kappa shape index (κ1) is 19.3. The summed E-state index contributed by atoms with van der Waals surface area (Å²) in [5, 5.41) is 0. The van der Waals surface area contributed by atoms with Gasteiger partial charge >= 0.3 is 0 Å². The van der Waals surface area contributed by atoms with Crippen LogP contribution in [0.1, 0.15) is 19.4 Å². The molecule has 0 aliphatic carbocycles. The molecule has 138 valence electrons. The van der Waals surface area contributed by atoms with Gasteiger partial charge in [-0.2, -0.15) is 0 Å². The van der Waals surface area contributed by atoms with Crippen LogP contribution in [0, 0.1) is 0 Å². The van der Waals surface area contributed by atoms with E-state index in [1.54, 1.807) is 29.2 Å². The largest absolute Gasteiger partial charge is 0.308 e. The summed E-state index contributed by atoms with van der Waals surface area (Å²) in [7, 11) is -3.86. The molecule has 26 heavy (non-hydrogen) atoms. The number of halogens is 1. The maximum atomic E-state index is 13.1. The van der Waals surface area contributed by atoms with E-state index in [1.807, 2.05) is 25.3 Å². The fourth-order valence-corrected chi connectivity index (χ4v) is 5.69. The molecule has 0 spiro atoms. The Morgan fingerprint density at radius 3 is 2.69 bits per heavy atom. The lowest BCUT2D eigenvalue weighted by molar-refractivity contribution is -0.116. The lowest BCUT2D eigenvalue weighted by Gasteiger charge is -2.23. The van der Waals surface area contributed by atoms with E-state index < -0.39 is 10.0 Å². The molecule has 2 aromatic carbocycles. The van der Waals surface area contributed by atoms with Gasteiger partial charge in [0.15, 0.2) is 0 Å². The SMILES string of the molecule is CSc1cccc(NS(=O)(=O)c2cc(Br)cc3c2N(C(C)=O)[C@H](C)C3)c1. The summed E-state index contributed by atoms with van der Waals surface area (Å²) >= 11 is 4.93. The topological polar surface area (TPSA) is 66.5 Å². The van der Waals surface area contributed by atoms with Gasteiger partial charge in [-0.25, -0.2) is 8.42 Å². The molecular formula is C18H19BrN2O3S2. The number of anilines is 2. The number of fused-ring (bicyclic) bond motifs is 1. The van der Waals surface area contributed by atoms with Crippen molar-refractivity contribution in [1.82, 2.24) is 0 Å². The Morgan fingerprint density at radius 2 is 2.04 bits per heavy atom. The molecule has 8 heteroatoms. The predicted molar refractivity (Wildman–Crippen MR) is 109 cm³/mol. The van der Waals surface area contributed by atoms with Crippen LogP contribution >= 0.6 is 27.7 Å². The highest BCUT2D eigenvalue weighted by molar-refractivity contribution is 9.10. The average Bonchev–Trinajstić information content (AvgIpc) is 2.89. The quantitative estimate of drug-likeness (QED) is 0.700. The number of carbonyl (C=O) groups is 1. The zero-order valence-corrected chi connectivity index (χ0v) is 17.8. The molecule has 1 aliphatic rings. The molecule has 1 heterocycles. The summed E-state index contributed by atoms with van der Waals surface area (Å²) in [5.74, 6) is -0.167. The first-order valence-electron chi connectivity index (χ1n) is 8.02. The molecule has 0 aromatic heterocycles. The van der Waals surface area contributed by atoms with Gasteiger partial charge in [0.05, 0.1) is 5.69 Å². The van der Waals surface area contributed by atoms with Gasteiger partial charge in [-0.1, -0.05) is 22.0 Å². The highest BCUT2D eigenvalue weighted by Crippen LogP contribution is 2.40. The highest BCUT2D eigenvalue weighted by atomic mass is 79.9. The number of nitrogens with zero attached hydrogens (tertiary/aromatic N) is 1. The number of hydrogen-bond donors (Lipinski definition) is 1. The lowest BCUT2D eigenvalue weighted by atomic mass is 10.1. The molecule has 0 unspecified atom stereocenters. The third-order valence-corrected chi connectivity index (χ3v) is 6.84. The van der Waals surface area contributed by atoms with Gasteiger partial charge < -0.3 is 4.90 Å². The van der Waals surface area contributed by atoms with Gasteiger partial charge in [-0.05, 0) is 55.5 Å². The van der Waals surface area contributed by atoms with Crippen LogP contribution < -0.4 is 9.62 Å². The third-order valence-electron chi connectivity index (χ3n) is 4.27. The van der Waals surface area contributed by atoms with Crippen molar-refractivity contribution >= 4 is 55.0 Å². The number of sulfonamides is 1. The highest BCUT2D eigenvalue weighted by Gasteiger charge is 2.35. The van der Waals surface area contributed by atoms with Gasteiger partial charge in [0, 0.05) is 28.0 Å². The van der Waals surface area contributed by atoms with E-state index in [9.17, 15) is 13.2 Å². The van der Waals surface area contributed by atoms with E-state index in [-0.39, 0.29) is 16.8 Å². The minimum atomic E-state index is -3.86. The fourth-order valence-electron chi connectivity index (χ4n) is 3.26. The molecule has 0 bridgehead atoms. The molecule has 1 N–H and O–H groups in total. The van der Waals surface area contributed by atoms with Crippen molar-refractivity contribution in [2.75, 3.05) is 15.9 Å². The van der Waals surface area contributed by atoms with E-state index in [0.29, 0.717) is 22.3 Å². The van der Waals surface area contributed by atoms with Crippen molar-refractivity contribution < 1.29 is 13.2 Å². The van der Waals surface area contributed by atoms with Gasteiger partial charge in [-0.15, -0.1) is 11.8 Å². The van der Waals surface area contributed by atoms with Crippen molar-refractivity contribution in [2.24, 2.45) is 0 Å². The average molecular weight is 455 g/mol.